The number of hydrogen-bond acceptors (Lipinski definition) is 2. The number of hydrogen-bond donors (Lipinski definition) is 1. The van der Waals surface area contributed by atoms with Crippen LogP contribution in [0.5, 0.6) is 5.75 Å². The number of ether oxygens (including phenoxy) is 1. The molecule has 0 atom stereocenters. The average Bonchev–Trinajstić information content (AvgIpc) is 2.76. The summed E-state index contributed by atoms with van der Waals surface area (Å²) in [6, 6.07) is 6.23. The maximum atomic E-state index is 5.97. The van der Waals surface area contributed by atoms with Crippen molar-refractivity contribution in [2.45, 2.75) is 38.3 Å². The Morgan fingerprint density at radius 2 is 2.12 bits per heavy atom. The monoisotopic (exact) mass is 283 g/mol. The molecule has 0 spiro atoms. The topological polar surface area (TPSA) is 21.3 Å². The fourth-order valence-electron chi connectivity index (χ4n) is 2.15. The molecule has 1 aromatic carbocycles. The Balaban J connectivity index is 2.05. The van der Waals surface area contributed by atoms with Gasteiger partial charge in [-0.1, -0.05) is 15.9 Å². The maximum absolute atomic E-state index is 5.97. The van der Waals surface area contributed by atoms with Crippen LogP contribution in [0.1, 0.15) is 31.2 Å². The molecular weight excluding hydrogens is 266 g/mol. The van der Waals surface area contributed by atoms with Crippen molar-refractivity contribution in [1.82, 2.24) is 5.32 Å². The molecule has 1 aliphatic carbocycles. The van der Waals surface area contributed by atoms with E-state index in [0.29, 0.717) is 6.10 Å². The zero-order chi connectivity index (χ0) is 11.4. The zero-order valence-corrected chi connectivity index (χ0v) is 11.2. The molecule has 0 heterocycles. The van der Waals surface area contributed by atoms with Crippen molar-refractivity contribution in [2.75, 3.05) is 7.05 Å². The molecule has 0 bridgehead atoms. The third-order valence-corrected chi connectivity index (χ3v) is 3.76. The van der Waals surface area contributed by atoms with Gasteiger partial charge in [0.2, 0.25) is 0 Å². The first-order valence-corrected chi connectivity index (χ1v) is 6.68. The summed E-state index contributed by atoms with van der Waals surface area (Å²) in [5.41, 5.74) is 1.25. The largest absolute Gasteiger partial charge is 0.490 e. The highest BCUT2D eigenvalue weighted by Crippen LogP contribution is 2.27. The second kappa shape index (κ2) is 5.69. The molecule has 88 valence electrons. The van der Waals surface area contributed by atoms with E-state index in [4.69, 9.17) is 4.74 Å². The molecule has 0 radical (unpaired) electrons. The lowest BCUT2D eigenvalue weighted by atomic mass is 10.2. The molecule has 1 N–H and O–H groups in total. The predicted molar refractivity (Wildman–Crippen MR) is 69.8 cm³/mol. The fourth-order valence-corrected chi connectivity index (χ4v) is 2.54. The van der Waals surface area contributed by atoms with Gasteiger partial charge in [0.15, 0.2) is 0 Å². The smallest absolute Gasteiger partial charge is 0.120 e. The van der Waals surface area contributed by atoms with Gasteiger partial charge in [0.25, 0.3) is 0 Å². The molecule has 1 aliphatic rings. The Morgan fingerprint density at radius 1 is 1.38 bits per heavy atom. The van der Waals surface area contributed by atoms with E-state index in [0.717, 1.165) is 16.8 Å². The van der Waals surface area contributed by atoms with Gasteiger partial charge in [-0.15, -0.1) is 0 Å². The SMILES string of the molecule is CNCc1cc(OC2CCCC2)ccc1Br. The number of rotatable bonds is 4. The first-order valence-electron chi connectivity index (χ1n) is 5.89. The van der Waals surface area contributed by atoms with Crippen LogP contribution in [0, 0.1) is 0 Å². The van der Waals surface area contributed by atoms with Crippen molar-refractivity contribution in [3.05, 3.63) is 28.2 Å². The van der Waals surface area contributed by atoms with E-state index in [1.54, 1.807) is 0 Å². The van der Waals surface area contributed by atoms with Crippen LogP contribution in [0.25, 0.3) is 0 Å². The summed E-state index contributed by atoms with van der Waals surface area (Å²) < 4.78 is 7.11. The Labute approximate surface area is 106 Å². The van der Waals surface area contributed by atoms with Gasteiger partial charge < -0.3 is 10.1 Å². The Morgan fingerprint density at radius 3 is 2.81 bits per heavy atom. The molecule has 2 rings (SSSR count). The van der Waals surface area contributed by atoms with E-state index >= 15 is 0 Å². The summed E-state index contributed by atoms with van der Waals surface area (Å²) in [6.07, 6.45) is 5.47. The predicted octanol–water partition coefficient (Wildman–Crippen LogP) is 3.49. The second-order valence-corrected chi connectivity index (χ2v) is 5.16. The van der Waals surface area contributed by atoms with E-state index < -0.39 is 0 Å². The van der Waals surface area contributed by atoms with E-state index in [9.17, 15) is 0 Å². The Bertz CT molecular complexity index is 348. The minimum absolute atomic E-state index is 0.434. The first kappa shape index (κ1) is 11.9. The highest BCUT2D eigenvalue weighted by molar-refractivity contribution is 9.10. The summed E-state index contributed by atoms with van der Waals surface area (Å²) >= 11 is 3.55. The molecule has 0 unspecified atom stereocenters. The summed E-state index contributed by atoms with van der Waals surface area (Å²) in [6.45, 7) is 0.864. The van der Waals surface area contributed by atoms with Crippen LogP contribution >= 0.6 is 15.9 Å². The summed E-state index contributed by atoms with van der Waals surface area (Å²) in [5, 5.41) is 3.16. The normalized spacial score (nSPS) is 16.6. The minimum Gasteiger partial charge on any atom is -0.490 e. The lowest BCUT2D eigenvalue weighted by Gasteiger charge is -2.14. The maximum Gasteiger partial charge on any atom is 0.120 e. The minimum atomic E-state index is 0.434. The van der Waals surface area contributed by atoms with E-state index in [2.05, 4.69) is 33.4 Å². The highest BCUT2D eigenvalue weighted by Gasteiger charge is 2.16. The van der Waals surface area contributed by atoms with Crippen LogP contribution in [0.2, 0.25) is 0 Å². The van der Waals surface area contributed by atoms with Crippen molar-refractivity contribution in [3.8, 4) is 5.75 Å². The van der Waals surface area contributed by atoms with Crippen molar-refractivity contribution >= 4 is 15.9 Å². The van der Waals surface area contributed by atoms with Crippen LogP contribution in [-0.4, -0.2) is 13.2 Å². The van der Waals surface area contributed by atoms with Crippen LogP contribution in [0.3, 0.4) is 0 Å². The number of benzene rings is 1. The lowest BCUT2D eigenvalue weighted by molar-refractivity contribution is 0.210. The third-order valence-electron chi connectivity index (χ3n) is 2.99. The van der Waals surface area contributed by atoms with Gasteiger partial charge in [-0.3, -0.25) is 0 Å². The standard InChI is InChI=1S/C13H18BrNO/c1-15-9-10-8-12(6-7-13(10)14)16-11-4-2-3-5-11/h6-8,11,15H,2-5,9H2,1H3. The molecular formula is C13H18BrNO. The molecule has 1 aromatic rings. The molecule has 0 saturated heterocycles. The van der Waals surface area contributed by atoms with Gasteiger partial charge in [-0.05, 0) is 56.5 Å². The van der Waals surface area contributed by atoms with Crippen LogP contribution in [0.4, 0.5) is 0 Å². The zero-order valence-electron chi connectivity index (χ0n) is 9.63. The highest BCUT2D eigenvalue weighted by atomic mass is 79.9. The molecule has 2 nitrogen and oxygen atoms in total. The average molecular weight is 284 g/mol. The van der Waals surface area contributed by atoms with Crippen LogP contribution < -0.4 is 10.1 Å². The van der Waals surface area contributed by atoms with Gasteiger partial charge in [-0.25, -0.2) is 0 Å². The molecule has 3 heteroatoms. The number of halogens is 1. The Hall–Kier alpha value is -0.540. The number of nitrogens with one attached hydrogen (secondary N) is 1. The summed E-state index contributed by atoms with van der Waals surface area (Å²) in [7, 11) is 1.96. The van der Waals surface area contributed by atoms with E-state index in [-0.39, 0.29) is 0 Å². The second-order valence-electron chi connectivity index (χ2n) is 4.31. The van der Waals surface area contributed by atoms with Crippen LogP contribution in [-0.2, 0) is 6.54 Å². The van der Waals surface area contributed by atoms with Crippen molar-refractivity contribution < 1.29 is 4.74 Å². The molecule has 1 fully saturated rings. The van der Waals surface area contributed by atoms with Gasteiger partial charge in [0.05, 0.1) is 6.10 Å². The van der Waals surface area contributed by atoms with Crippen molar-refractivity contribution in [1.29, 1.82) is 0 Å². The van der Waals surface area contributed by atoms with E-state index in [1.807, 2.05) is 13.1 Å². The summed E-state index contributed by atoms with van der Waals surface area (Å²) in [4.78, 5) is 0. The molecule has 16 heavy (non-hydrogen) atoms. The fraction of sp³-hybridized carbons (Fsp3) is 0.538. The Kier molecular flexibility index (Phi) is 4.24. The lowest BCUT2D eigenvalue weighted by Crippen LogP contribution is -2.11. The first-order chi connectivity index (χ1) is 7.79. The summed E-state index contributed by atoms with van der Waals surface area (Å²) in [5.74, 6) is 1.00. The molecule has 0 aromatic heterocycles. The molecule has 0 amide bonds. The third kappa shape index (κ3) is 2.98. The van der Waals surface area contributed by atoms with Gasteiger partial charge in [0, 0.05) is 11.0 Å². The van der Waals surface area contributed by atoms with Crippen molar-refractivity contribution in [2.24, 2.45) is 0 Å². The van der Waals surface area contributed by atoms with Crippen molar-refractivity contribution in [3.63, 3.8) is 0 Å². The van der Waals surface area contributed by atoms with E-state index in [1.165, 1.54) is 31.2 Å². The van der Waals surface area contributed by atoms with Gasteiger partial charge in [-0.2, -0.15) is 0 Å². The molecule has 0 aliphatic heterocycles. The quantitative estimate of drug-likeness (QED) is 0.913. The van der Waals surface area contributed by atoms with Gasteiger partial charge >= 0.3 is 0 Å². The van der Waals surface area contributed by atoms with Crippen LogP contribution in [0.15, 0.2) is 22.7 Å². The van der Waals surface area contributed by atoms with Gasteiger partial charge in [0.1, 0.15) is 5.75 Å². The molecule has 1 saturated carbocycles.